The number of hydrogen-bond acceptors (Lipinski definition) is 4. The van der Waals surface area contributed by atoms with E-state index in [-0.39, 0.29) is 5.69 Å². The van der Waals surface area contributed by atoms with Crippen molar-refractivity contribution in [3.05, 3.63) is 27.9 Å². The van der Waals surface area contributed by atoms with Crippen molar-refractivity contribution in [1.82, 2.24) is 9.78 Å². The number of methoxy groups -OCH3 is 2. The minimum Gasteiger partial charge on any atom is -0.493 e. The van der Waals surface area contributed by atoms with Crippen LogP contribution in [0.15, 0.2) is 16.6 Å². The van der Waals surface area contributed by atoms with Crippen LogP contribution < -0.4 is 9.47 Å². The molecule has 0 aliphatic rings. The number of halogens is 1. The van der Waals surface area contributed by atoms with E-state index in [0.29, 0.717) is 22.8 Å². The zero-order chi connectivity index (χ0) is 15.7. The van der Waals surface area contributed by atoms with E-state index in [4.69, 9.17) is 14.6 Å². The van der Waals surface area contributed by atoms with Gasteiger partial charge in [-0.25, -0.2) is 4.79 Å². The minimum absolute atomic E-state index is 0.0260. The summed E-state index contributed by atoms with van der Waals surface area (Å²) in [5, 5.41) is 13.1. The molecular weight excluding hydrogens is 340 g/mol. The fraction of sp³-hybridized carbons (Fsp3) is 0.286. The summed E-state index contributed by atoms with van der Waals surface area (Å²) < 4.78 is 13.1. The van der Waals surface area contributed by atoms with E-state index in [1.165, 1.54) is 17.9 Å². The van der Waals surface area contributed by atoms with Gasteiger partial charge in [0, 0.05) is 11.5 Å². The number of rotatable bonds is 4. The maximum atomic E-state index is 11.1. The summed E-state index contributed by atoms with van der Waals surface area (Å²) in [6.07, 6.45) is 0. The van der Waals surface area contributed by atoms with E-state index in [0.717, 1.165) is 10.0 Å². The van der Waals surface area contributed by atoms with Crippen LogP contribution in [-0.2, 0) is 7.05 Å². The van der Waals surface area contributed by atoms with Crippen LogP contribution in [-0.4, -0.2) is 35.1 Å². The molecule has 0 unspecified atom stereocenters. The Bertz CT molecular complexity index is 709. The van der Waals surface area contributed by atoms with Gasteiger partial charge >= 0.3 is 5.97 Å². The number of nitrogens with zero attached hydrogens (tertiary/aromatic N) is 2. The third-order valence-corrected chi connectivity index (χ3v) is 4.17. The molecule has 1 aromatic heterocycles. The van der Waals surface area contributed by atoms with Crippen LogP contribution >= 0.6 is 15.9 Å². The number of aryl methyl sites for hydroxylation is 2. The van der Waals surface area contributed by atoms with Gasteiger partial charge < -0.3 is 14.6 Å². The van der Waals surface area contributed by atoms with Gasteiger partial charge in [0.1, 0.15) is 0 Å². The van der Waals surface area contributed by atoms with E-state index in [9.17, 15) is 4.79 Å². The first-order valence-corrected chi connectivity index (χ1v) is 6.88. The van der Waals surface area contributed by atoms with E-state index < -0.39 is 5.97 Å². The quantitative estimate of drug-likeness (QED) is 0.913. The molecule has 21 heavy (non-hydrogen) atoms. The second-order valence-electron chi connectivity index (χ2n) is 4.46. The van der Waals surface area contributed by atoms with Crippen molar-refractivity contribution in [1.29, 1.82) is 0 Å². The molecule has 0 aliphatic carbocycles. The number of hydrogen-bond donors (Lipinski definition) is 1. The number of ether oxygens (including phenoxy) is 2. The van der Waals surface area contributed by atoms with Crippen LogP contribution in [0.25, 0.3) is 11.3 Å². The Morgan fingerprint density at radius 1 is 1.33 bits per heavy atom. The van der Waals surface area contributed by atoms with Gasteiger partial charge in [0.25, 0.3) is 0 Å². The second-order valence-corrected chi connectivity index (χ2v) is 5.25. The molecule has 0 saturated heterocycles. The summed E-state index contributed by atoms with van der Waals surface area (Å²) in [5.41, 5.74) is 2.25. The lowest BCUT2D eigenvalue weighted by Gasteiger charge is -2.16. The average molecular weight is 355 g/mol. The molecule has 2 aromatic rings. The van der Waals surface area contributed by atoms with Crippen molar-refractivity contribution in [3.63, 3.8) is 0 Å². The third kappa shape index (κ3) is 2.61. The van der Waals surface area contributed by atoms with Gasteiger partial charge in [0.05, 0.1) is 25.5 Å². The highest BCUT2D eigenvalue weighted by atomic mass is 79.9. The largest absolute Gasteiger partial charge is 0.493 e. The first-order valence-electron chi connectivity index (χ1n) is 6.09. The van der Waals surface area contributed by atoms with E-state index in [2.05, 4.69) is 21.0 Å². The van der Waals surface area contributed by atoms with E-state index in [1.54, 1.807) is 14.2 Å². The smallest absolute Gasteiger partial charge is 0.356 e. The lowest BCUT2D eigenvalue weighted by molar-refractivity contribution is 0.0689. The predicted molar refractivity (Wildman–Crippen MR) is 81.1 cm³/mol. The molecule has 0 saturated carbocycles. The zero-order valence-electron chi connectivity index (χ0n) is 12.1. The minimum atomic E-state index is -1.08. The number of carbonyl (C=O) groups is 1. The Labute approximate surface area is 130 Å². The van der Waals surface area contributed by atoms with Gasteiger partial charge in [-0.3, -0.25) is 4.68 Å². The summed E-state index contributed by atoms with van der Waals surface area (Å²) in [6, 6.07) is 3.35. The number of aromatic nitrogens is 2. The molecular formula is C14H15BrN2O4. The monoisotopic (exact) mass is 354 g/mol. The molecule has 0 fully saturated rings. The molecule has 0 bridgehead atoms. The molecule has 7 heteroatoms. The van der Waals surface area contributed by atoms with Crippen LogP contribution in [0.3, 0.4) is 0 Å². The summed E-state index contributed by atoms with van der Waals surface area (Å²) in [5.74, 6) is 0.0211. The summed E-state index contributed by atoms with van der Waals surface area (Å²) in [4.78, 5) is 11.1. The molecule has 0 aliphatic heterocycles. The van der Waals surface area contributed by atoms with Gasteiger partial charge in [-0.15, -0.1) is 0 Å². The van der Waals surface area contributed by atoms with Gasteiger partial charge in [-0.1, -0.05) is 0 Å². The molecule has 0 amide bonds. The van der Waals surface area contributed by atoms with Crippen molar-refractivity contribution in [3.8, 4) is 22.8 Å². The Morgan fingerprint density at radius 3 is 2.48 bits per heavy atom. The van der Waals surface area contributed by atoms with Crippen molar-refractivity contribution < 1.29 is 19.4 Å². The Balaban J connectivity index is 2.79. The zero-order valence-corrected chi connectivity index (χ0v) is 13.7. The van der Waals surface area contributed by atoms with Crippen LogP contribution in [0.2, 0.25) is 0 Å². The van der Waals surface area contributed by atoms with Crippen molar-refractivity contribution in [2.24, 2.45) is 7.05 Å². The van der Waals surface area contributed by atoms with Gasteiger partial charge in [-0.2, -0.15) is 5.10 Å². The van der Waals surface area contributed by atoms with E-state index in [1.807, 2.05) is 13.0 Å². The van der Waals surface area contributed by atoms with Crippen LogP contribution in [0.4, 0.5) is 0 Å². The lowest BCUT2D eigenvalue weighted by Crippen LogP contribution is -2.01. The van der Waals surface area contributed by atoms with Crippen LogP contribution in [0.1, 0.15) is 16.1 Å². The van der Waals surface area contributed by atoms with Gasteiger partial charge in [0.2, 0.25) is 0 Å². The highest BCUT2D eigenvalue weighted by Gasteiger charge is 2.22. The fourth-order valence-corrected chi connectivity index (χ4v) is 2.63. The van der Waals surface area contributed by atoms with E-state index >= 15 is 0 Å². The second kappa shape index (κ2) is 5.77. The Kier molecular flexibility index (Phi) is 4.22. The van der Waals surface area contributed by atoms with Crippen LogP contribution in [0.5, 0.6) is 11.5 Å². The highest BCUT2D eigenvalue weighted by molar-refractivity contribution is 9.10. The fourth-order valence-electron chi connectivity index (χ4n) is 2.13. The topological polar surface area (TPSA) is 73.6 Å². The average Bonchev–Trinajstić information content (AvgIpc) is 2.83. The normalized spacial score (nSPS) is 10.5. The molecule has 0 radical (unpaired) electrons. The number of carboxylic acids is 1. The molecule has 1 aromatic carbocycles. The van der Waals surface area contributed by atoms with Gasteiger partial charge in [0.15, 0.2) is 17.2 Å². The summed E-state index contributed by atoms with van der Waals surface area (Å²) in [7, 11) is 4.78. The van der Waals surface area contributed by atoms with Crippen molar-refractivity contribution in [2.45, 2.75) is 6.92 Å². The SMILES string of the molecule is COc1cc(C)c(Br)c(-c2cc(C(=O)O)nn2C)c1OC. The number of carboxylic acid groups (broad SMARTS) is 1. The van der Waals surface area contributed by atoms with Crippen molar-refractivity contribution in [2.75, 3.05) is 14.2 Å². The lowest BCUT2D eigenvalue weighted by atomic mass is 10.1. The molecule has 112 valence electrons. The molecule has 6 nitrogen and oxygen atoms in total. The number of aromatic carboxylic acids is 1. The Morgan fingerprint density at radius 2 is 2.00 bits per heavy atom. The molecule has 2 rings (SSSR count). The maximum Gasteiger partial charge on any atom is 0.356 e. The highest BCUT2D eigenvalue weighted by Crippen LogP contribution is 2.44. The molecule has 0 spiro atoms. The number of benzene rings is 1. The third-order valence-electron chi connectivity index (χ3n) is 3.14. The Hall–Kier alpha value is -2.02. The standard InChI is InChI=1S/C14H15BrN2O4/c1-7-5-10(20-3)13(21-4)11(12(7)15)9-6-8(14(18)19)16-17(9)2/h5-6H,1-4H3,(H,18,19). The van der Waals surface area contributed by atoms with Crippen molar-refractivity contribution >= 4 is 21.9 Å². The first kappa shape index (κ1) is 15.4. The van der Waals surface area contributed by atoms with Crippen LogP contribution in [0, 0.1) is 6.92 Å². The summed E-state index contributed by atoms with van der Waals surface area (Å²) in [6.45, 7) is 1.92. The molecule has 0 atom stereocenters. The predicted octanol–water partition coefficient (Wildman–Crippen LogP) is 2.87. The van der Waals surface area contributed by atoms with Gasteiger partial charge in [-0.05, 0) is 40.5 Å². The first-order chi connectivity index (χ1) is 9.90. The summed E-state index contributed by atoms with van der Waals surface area (Å²) >= 11 is 3.53. The maximum absolute atomic E-state index is 11.1. The molecule has 1 N–H and O–H groups in total. The molecule has 1 heterocycles.